The molecule has 0 bridgehead atoms. The van der Waals surface area contributed by atoms with Crippen molar-refractivity contribution in [2.75, 3.05) is 6.61 Å². The van der Waals surface area contributed by atoms with Gasteiger partial charge in [-0.1, -0.05) is 41.9 Å². The number of carbonyl (C=O) groups excluding carboxylic acids is 1. The Balaban J connectivity index is 1.81. The largest absolute Gasteiger partial charge is 0.483 e. The Morgan fingerprint density at radius 2 is 2.05 bits per heavy atom. The van der Waals surface area contributed by atoms with Gasteiger partial charge >= 0.3 is 0 Å². The van der Waals surface area contributed by atoms with Gasteiger partial charge in [-0.15, -0.1) is 0 Å². The van der Waals surface area contributed by atoms with E-state index >= 15 is 0 Å². The molecule has 2 aromatic rings. The van der Waals surface area contributed by atoms with Gasteiger partial charge in [-0.3, -0.25) is 4.79 Å². The van der Waals surface area contributed by atoms with E-state index in [0.29, 0.717) is 10.8 Å². The lowest BCUT2D eigenvalue weighted by atomic mass is 10.2. The van der Waals surface area contributed by atoms with Gasteiger partial charge < -0.3 is 4.74 Å². The van der Waals surface area contributed by atoms with Gasteiger partial charge in [0.15, 0.2) is 6.61 Å². The lowest BCUT2D eigenvalue weighted by Gasteiger charge is -2.08. The highest BCUT2D eigenvalue weighted by atomic mass is 35.5. The zero-order valence-corrected chi connectivity index (χ0v) is 12.3. The van der Waals surface area contributed by atoms with Gasteiger partial charge in [-0.05, 0) is 36.2 Å². The summed E-state index contributed by atoms with van der Waals surface area (Å²) in [5.74, 6) is 0.304. The Kier molecular flexibility index (Phi) is 5.35. The van der Waals surface area contributed by atoms with Crippen LogP contribution in [0, 0.1) is 6.92 Å². The summed E-state index contributed by atoms with van der Waals surface area (Å²) >= 11 is 5.85. The number of carbonyl (C=O) groups is 1. The molecular weight excluding hydrogens is 288 g/mol. The molecule has 0 aliphatic rings. The highest BCUT2D eigenvalue weighted by Gasteiger charge is 2.04. The second-order valence-electron chi connectivity index (χ2n) is 4.40. The summed E-state index contributed by atoms with van der Waals surface area (Å²) in [4.78, 5) is 11.6. The third-order valence-electron chi connectivity index (χ3n) is 2.70. The van der Waals surface area contributed by atoms with Crippen LogP contribution in [0.25, 0.3) is 0 Å². The van der Waals surface area contributed by atoms with Crippen molar-refractivity contribution >= 4 is 23.7 Å². The first-order valence-corrected chi connectivity index (χ1v) is 6.79. The average molecular weight is 303 g/mol. The molecule has 0 heterocycles. The normalized spacial score (nSPS) is 10.6. The van der Waals surface area contributed by atoms with Crippen LogP contribution in [0.1, 0.15) is 11.1 Å². The van der Waals surface area contributed by atoms with E-state index in [0.717, 1.165) is 11.1 Å². The van der Waals surface area contributed by atoms with Crippen LogP contribution in [0.3, 0.4) is 0 Å². The smallest absolute Gasteiger partial charge is 0.277 e. The van der Waals surface area contributed by atoms with E-state index in [-0.39, 0.29) is 12.5 Å². The molecule has 0 aliphatic heterocycles. The zero-order chi connectivity index (χ0) is 15.1. The first kappa shape index (κ1) is 15.1. The minimum absolute atomic E-state index is 0.103. The predicted molar refractivity (Wildman–Crippen MR) is 83.9 cm³/mol. The summed E-state index contributed by atoms with van der Waals surface area (Å²) in [6, 6.07) is 14.7. The van der Waals surface area contributed by atoms with Crippen LogP contribution in [0.2, 0.25) is 5.02 Å². The van der Waals surface area contributed by atoms with E-state index in [1.165, 1.54) is 0 Å². The van der Waals surface area contributed by atoms with Gasteiger partial charge in [-0.2, -0.15) is 5.10 Å². The monoisotopic (exact) mass is 302 g/mol. The fourth-order valence-electron chi connectivity index (χ4n) is 1.67. The second-order valence-corrected chi connectivity index (χ2v) is 4.84. The first-order chi connectivity index (χ1) is 10.1. The molecule has 1 amide bonds. The van der Waals surface area contributed by atoms with E-state index in [1.807, 2.05) is 37.3 Å². The van der Waals surface area contributed by atoms with Crippen LogP contribution in [0.4, 0.5) is 0 Å². The number of hydrogen-bond donors (Lipinski definition) is 1. The summed E-state index contributed by atoms with van der Waals surface area (Å²) in [5.41, 5.74) is 4.20. The van der Waals surface area contributed by atoms with Crippen LogP contribution in [-0.4, -0.2) is 18.7 Å². The van der Waals surface area contributed by atoms with Crippen molar-refractivity contribution in [1.29, 1.82) is 0 Å². The van der Waals surface area contributed by atoms with Crippen molar-refractivity contribution in [3.8, 4) is 5.75 Å². The second kappa shape index (κ2) is 7.45. The van der Waals surface area contributed by atoms with Crippen molar-refractivity contribution < 1.29 is 9.53 Å². The molecule has 2 rings (SSSR count). The minimum Gasteiger partial charge on any atom is -0.483 e. The van der Waals surface area contributed by atoms with Gasteiger partial charge in [0.05, 0.1) is 6.21 Å². The van der Waals surface area contributed by atoms with E-state index in [4.69, 9.17) is 16.3 Å². The number of aryl methyl sites for hydroxylation is 1. The number of nitrogens with zero attached hydrogens (tertiary/aromatic N) is 1. The molecule has 5 heteroatoms. The lowest BCUT2D eigenvalue weighted by Crippen LogP contribution is -2.24. The Morgan fingerprint density at radius 3 is 2.76 bits per heavy atom. The standard InChI is InChI=1S/C16H15ClN2O2/c1-12-9-14(17)7-8-15(12)21-11-16(20)19-18-10-13-5-3-2-4-6-13/h2-10H,11H2,1H3,(H,19,20)/b18-10+. The maximum absolute atomic E-state index is 11.6. The maximum Gasteiger partial charge on any atom is 0.277 e. The summed E-state index contributed by atoms with van der Waals surface area (Å²) in [7, 11) is 0. The van der Waals surface area contributed by atoms with E-state index in [1.54, 1.807) is 24.4 Å². The van der Waals surface area contributed by atoms with Crippen LogP contribution >= 0.6 is 11.6 Å². The van der Waals surface area contributed by atoms with Gasteiger partial charge in [0.2, 0.25) is 0 Å². The summed E-state index contributed by atoms with van der Waals surface area (Å²) < 4.78 is 5.41. The number of ether oxygens (including phenoxy) is 1. The SMILES string of the molecule is Cc1cc(Cl)ccc1OCC(=O)N/N=C/c1ccccc1. The molecule has 0 unspecified atom stereocenters. The van der Waals surface area contributed by atoms with E-state index in [9.17, 15) is 4.79 Å². The van der Waals surface area contributed by atoms with Gasteiger partial charge in [0, 0.05) is 5.02 Å². The average Bonchev–Trinajstić information content (AvgIpc) is 2.47. The van der Waals surface area contributed by atoms with Crippen molar-refractivity contribution in [2.45, 2.75) is 6.92 Å². The van der Waals surface area contributed by atoms with Crippen molar-refractivity contribution in [2.24, 2.45) is 5.10 Å². The number of benzene rings is 2. The number of hydrogen-bond acceptors (Lipinski definition) is 3. The topological polar surface area (TPSA) is 50.7 Å². The lowest BCUT2D eigenvalue weighted by molar-refractivity contribution is -0.123. The van der Waals surface area contributed by atoms with Crippen LogP contribution in [0.15, 0.2) is 53.6 Å². The van der Waals surface area contributed by atoms with Crippen molar-refractivity contribution in [3.05, 3.63) is 64.7 Å². The fraction of sp³-hybridized carbons (Fsp3) is 0.125. The number of nitrogens with one attached hydrogen (secondary N) is 1. The molecule has 108 valence electrons. The molecule has 0 aromatic heterocycles. The molecule has 0 saturated heterocycles. The highest BCUT2D eigenvalue weighted by molar-refractivity contribution is 6.30. The third kappa shape index (κ3) is 4.93. The van der Waals surface area contributed by atoms with Crippen LogP contribution in [0.5, 0.6) is 5.75 Å². The molecule has 1 N–H and O–H groups in total. The van der Waals surface area contributed by atoms with Gasteiger partial charge in [0.1, 0.15) is 5.75 Å². The van der Waals surface area contributed by atoms with Crippen molar-refractivity contribution in [1.82, 2.24) is 5.43 Å². The third-order valence-corrected chi connectivity index (χ3v) is 2.93. The maximum atomic E-state index is 11.6. The minimum atomic E-state index is -0.323. The zero-order valence-electron chi connectivity index (χ0n) is 11.5. The molecule has 0 atom stereocenters. The fourth-order valence-corrected chi connectivity index (χ4v) is 1.89. The van der Waals surface area contributed by atoms with Crippen LogP contribution in [-0.2, 0) is 4.79 Å². The molecule has 21 heavy (non-hydrogen) atoms. The Morgan fingerprint density at radius 1 is 1.29 bits per heavy atom. The number of halogens is 1. The predicted octanol–water partition coefficient (Wildman–Crippen LogP) is 3.18. The Labute approximate surface area is 128 Å². The Hall–Kier alpha value is -2.33. The molecule has 0 spiro atoms. The van der Waals surface area contributed by atoms with Crippen molar-refractivity contribution in [3.63, 3.8) is 0 Å². The molecule has 0 radical (unpaired) electrons. The molecule has 0 saturated carbocycles. The van der Waals surface area contributed by atoms with E-state index < -0.39 is 0 Å². The highest BCUT2D eigenvalue weighted by Crippen LogP contribution is 2.21. The molecule has 4 nitrogen and oxygen atoms in total. The van der Waals surface area contributed by atoms with Gasteiger partial charge in [0.25, 0.3) is 5.91 Å². The molecular formula is C16H15ClN2O2. The quantitative estimate of drug-likeness (QED) is 0.681. The summed E-state index contributed by atoms with van der Waals surface area (Å²) in [6.45, 7) is 1.77. The van der Waals surface area contributed by atoms with E-state index in [2.05, 4.69) is 10.5 Å². The Bertz CT molecular complexity index is 642. The molecule has 2 aromatic carbocycles. The molecule has 0 aliphatic carbocycles. The van der Waals surface area contributed by atoms with Gasteiger partial charge in [-0.25, -0.2) is 5.43 Å². The van der Waals surface area contributed by atoms with Crippen LogP contribution < -0.4 is 10.2 Å². The number of rotatable bonds is 5. The summed E-state index contributed by atoms with van der Waals surface area (Å²) in [5, 5.41) is 4.50. The number of hydrazone groups is 1. The summed E-state index contributed by atoms with van der Waals surface area (Å²) in [6.07, 6.45) is 1.57. The number of amides is 1. The first-order valence-electron chi connectivity index (χ1n) is 6.41. The molecule has 0 fully saturated rings.